The molecule has 0 aromatic carbocycles. The Kier molecular flexibility index (Phi) is 4.52. The van der Waals surface area contributed by atoms with Gasteiger partial charge in [-0.15, -0.1) is 10.2 Å². The lowest BCUT2D eigenvalue weighted by Gasteiger charge is -2.39. The minimum atomic E-state index is -0.965. The molecule has 1 amide bonds. The van der Waals surface area contributed by atoms with Crippen LogP contribution in [0.4, 0.5) is 0 Å². The normalized spacial score (nSPS) is 24.3. The summed E-state index contributed by atoms with van der Waals surface area (Å²) >= 11 is 0. The van der Waals surface area contributed by atoms with Gasteiger partial charge in [0, 0.05) is 26.2 Å². The van der Waals surface area contributed by atoms with Crippen LogP contribution in [0.15, 0.2) is 18.6 Å². The zero-order chi connectivity index (χ0) is 18.1. The summed E-state index contributed by atoms with van der Waals surface area (Å²) in [5.41, 5.74) is -0.327. The van der Waals surface area contributed by atoms with Gasteiger partial charge in [-0.1, -0.05) is 12.8 Å². The second-order valence-electron chi connectivity index (χ2n) is 7.69. The number of aryl methyl sites for hydroxylation is 1. The van der Waals surface area contributed by atoms with Gasteiger partial charge < -0.3 is 14.6 Å². The van der Waals surface area contributed by atoms with E-state index in [4.69, 9.17) is 0 Å². The zero-order valence-electron chi connectivity index (χ0n) is 15.2. The Labute approximate surface area is 152 Å². The molecule has 1 aliphatic heterocycles. The fourth-order valence-corrected chi connectivity index (χ4v) is 4.28. The molecule has 2 fully saturated rings. The predicted molar refractivity (Wildman–Crippen MR) is 94.5 cm³/mol. The van der Waals surface area contributed by atoms with Crippen LogP contribution in [-0.2, 0) is 13.5 Å². The number of hydrogen-bond acceptors (Lipinski definition) is 5. The Balaban J connectivity index is 1.50. The van der Waals surface area contributed by atoms with Crippen LogP contribution in [0, 0.1) is 0 Å². The molecule has 0 bridgehead atoms. The van der Waals surface area contributed by atoms with Gasteiger partial charge in [-0.25, -0.2) is 0 Å². The number of piperidine rings is 1. The first-order valence-electron chi connectivity index (χ1n) is 9.44. The van der Waals surface area contributed by atoms with Gasteiger partial charge in [-0.05, 0) is 31.7 Å². The smallest absolute Gasteiger partial charge is 0.272 e. The maximum absolute atomic E-state index is 13.1. The topological polar surface area (TPSA) is 89.1 Å². The third-order valence-corrected chi connectivity index (χ3v) is 5.69. The molecule has 3 heterocycles. The van der Waals surface area contributed by atoms with Crippen molar-refractivity contribution in [3.63, 3.8) is 0 Å². The van der Waals surface area contributed by atoms with Crippen LogP contribution in [0.3, 0.4) is 0 Å². The van der Waals surface area contributed by atoms with E-state index in [0.717, 1.165) is 25.1 Å². The maximum Gasteiger partial charge on any atom is 0.272 e. The number of hydrogen-bond donors (Lipinski definition) is 1. The Morgan fingerprint density at radius 3 is 2.88 bits per heavy atom. The van der Waals surface area contributed by atoms with E-state index >= 15 is 0 Å². The Bertz CT molecular complexity index is 778. The summed E-state index contributed by atoms with van der Waals surface area (Å²) in [6.45, 7) is 0.977. The van der Waals surface area contributed by atoms with Crippen molar-refractivity contribution in [2.24, 2.45) is 7.05 Å². The zero-order valence-corrected chi connectivity index (χ0v) is 15.2. The maximum atomic E-state index is 13.1. The fourth-order valence-electron chi connectivity index (χ4n) is 4.28. The number of carbonyl (C=O) groups is 1. The minimum Gasteiger partial charge on any atom is -0.388 e. The molecule has 1 aliphatic carbocycles. The van der Waals surface area contributed by atoms with Crippen LogP contribution in [0.1, 0.15) is 60.9 Å². The first-order valence-corrected chi connectivity index (χ1v) is 9.44. The fraction of sp³-hybridized carbons (Fsp3) is 0.667. The van der Waals surface area contributed by atoms with E-state index in [0.29, 0.717) is 37.7 Å². The van der Waals surface area contributed by atoms with Gasteiger partial charge in [-0.3, -0.25) is 9.48 Å². The summed E-state index contributed by atoms with van der Waals surface area (Å²) in [4.78, 5) is 14.9. The summed E-state index contributed by atoms with van der Waals surface area (Å²) in [5, 5.41) is 23.4. The van der Waals surface area contributed by atoms with Crippen molar-refractivity contribution in [2.75, 3.05) is 13.1 Å². The summed E-state index contributed by atoms with van der Waals surface area (Å²) in [6, 6.07) is 2.13. The van der Waals surface area contributed by atoms with Crippen LogP contribution in [0.2, 0.25) is 0 Å². The van der Waals surface area contributed by atoms with Crippen molar-refractivity contribution in [3.8, 4) is 0 Å². The Hall–Kier alpha value is -2.22. The average molecular weight is 358 g/mol. The molecule has 1 saturated heterocycles. The van der Waals surface area contributed by atoms with Crippen molar-refractivity contribution in [3.05, 3.63) is 30.1 Å². The molecule has 8 nitrogen and oxygen atoms in total. The lowest BCUT2D eigenvalue weighted by molar-refractivity contribution is -0.0262. The van der Waals surface area contributed by atoms with Crippen molar-refractivity contribution in [1.29, 1.82) is 0 Å². The van der Waals surface area contributed by atoms with Crippen LogP contribution in [0.5, 0.6) is 0 Å². The Morgan fingerprint density at radius 2 is 2.15 bits per heavy atom. The first-order chi connectivity index (χ1) is 12.6. The van der Waals surface area contributed by atoms with Gasteiger partial charge in [0.2, 0.25) is 0 Å². The summed E-state index contributed by atoms with van der Waals surface area (Å²) in [6.07, 6.45) is 9.72. The van der Waals surface area contributed by atoms with E-state index in [1.54, 1.807) is 23.5 Å². The van der Waals surface area contributed by atoms with E-state index in [-0.39, 0.29) is 5.91 Å². The number of amides is 1. The molecule has 1 N–H and O–H groups in total. The van der Waals surface area contributed by atoms with Crippen molar-refractivity contribution in [1.82, 2.24) is 29.4 Å². The van der Waals surface area contributed by atoms with Gasteiger partial charge >= 0.3 is 0 Å². The monoisotopic (exact) mass is 358 g/mol. The van der Waals surface area contributed by atoms with Crippen LogP contribution < -0.4 is 0 Å². The predicted octanol–water partition coefficient (Wildman–Crippen LogP) is 1.34. The summed E-state index contributed by atoms with van der Waals surface area (Å²) in [7, 11) is 1.87. The third-order valence-electron chi connectivity index (χ3n) is 5.69. The molecule has 2 aromatic heterocycles. The van der Waals surface area contributed by atoms with Gasteiger partial charge in [-0.2, -0.15) is 5.10 Å². The number of carbonyl (C=O) groups excluding carboxylic acids is 1. The van der Waals surface area contributed by atoms with Gasteiger partial charge in [0.25, 0.3) is 5.91 Å². The molecule has 1 atom stereocenters. The second-order valence-corrected chi connectivity index (χ2v) is 7.69. The van der Waals surface area contributed by atoms with Crippen LogP contribution in [0.25, 0.3) is 0 Å². The standard InChI is InChI=1S/C18H26N6O2/c1-22-13-19-21-16(22)11-18(26)8-4-10-23(12-18)17(25)15-7-9-20-24(15)14-5-2-3-6-14/h7,9,13-14,26H,2-6,8,10-12H2,1H3. The first kappa shape index (κ1) is 17.2. The lowest BCUT2D eigenvalue weighted by atomic mass is 9.89. The molecule has 1 saturated carbocycles. The van der Waals surface area contributed by atoms with Gasteiger partial charge in [0.05, 0.1) is 18.2 Å². The molecule has 0 spiro atoms. The molecular weight excluding hydrogens is 332 g/mol. The number of aromatic nitrogens is 5. The van der Waals surface area contributed by atoms with E-state index in [2.05, 4.69) is 15.3 Å². The quantitative estimate of drug-likeness (QED) is 0.891. The third kappa shape index (κ3) is 3.25. The molecule has 1 unspecified atom stereocenters. The number of rotatable bonds is 4. The van der Waals surface area contributed by atoms with E-state index in [1.165, 1.54) is 12.8 Å². The second kappa shape index (κ2) is 6.83. The molecule has 2 aliphatic rings. The van der Waals surface area contributed by atoms with Gasteiger partial charge in [0.1, 0.15) is 17.8 Å². The molecule has 140 valence electrons. The SMILES string of the molecule is Cn1cnnc1CC1(O)CCCN(C(=O)c2ccnn2C2CCCC2)C1. The van der Waals surface area contributed by atoms with Gasteiger partial charge in [0.15, 0.2) is 0 Å². The highest BCUT2D eigenvalue weighted by Crippen LogP contribution is 2.31. The number of nitrogens with zero attached hydrogens (tertiary/aromatic N) is 6. The average Bonchev–Trinajstić information content (AvgIpc) is 3.36. The van der Waals surface area contributed by atoms with Crippen LogP contribution >= 0.6 is 0 Å². The number of aliphatic hydroxyl groups is 1. The van der Waals surface area contributed by atoms with E-state index < -0.39 is 5.60 Å². The molecule has 26 heavy (non-hydrogen) atoms. The molecule has 2 aromatic rings. The highest BCUT2D eigenvalue weighted by Gasteiger charge is 2.37. The highest BCUT2D eigenvalue weighted by atomic mass is 16.3. The molecular formula is C18H26N6O2. The molecule has 8 heteroatoms. The highest BCUT2D eigenvalue weighted by molar-refractivity contribution is 5.92. The van der Waals surface area contributed by atoms with Crippen molar-refractivity contribution >= 4 is 5.91 Å². The van der Waals surface area contributed by atoms with Crippen molar-refractivity contribution < 1.29 is 9.90 Å². The Morgan fingerprint density at radius 1 is 1.35 bits per heavy atom. The van der Waals surface area contributed by atoms with Crippen molar-refractivity contribution in [2.45, 2.75) is 56.6 Å². The summed E-state index contributed by atoms with van der Waals surface area (Å²) < 4.78 is 3.71. The van der Waals surface area contributed by atoms with E-state index in [9.17, 15) is 9.90 Å². The molecule has 0 radical (unpaired) electrons. The largest absolute Gasteiger partial charge is 0.388 e. The van der Waals surface area contributed by atoms with Crippen LogP contribution in [-0.4, -0.2) is 59.1 Å². The summed E-state index contributed by atoms with van der Waals surface area (Å²) in [5.74, 6) is 0.697. The molecule has 4 rings (SSSR count). The lowest BCUT2D eigenvalue weighted by Crippen LogP contribution is -2.52. The number of likely N-dealkylation sites (tertiary alicyclic amines) is 1. The van der Waals surface area contributed by atoms with E-state index in [1.807, 2.05) is 16.3 Å². The number of β-amino-alcohol motifs (C(OH)–C–C–N with tert-alkyl or cyclic N) is 1. The minimum absolute atomic E-state index is 0.0366.